The summed E-state index contributed by atoms with van der Waals surface area (Å²) in [6.07, 6.45) is 0.629. The molecule has 128 valence electrons. The van der Waals surface area contributed by atoms with Gasteiger partial charge in [-0.05, 0) is 24.3 Å². The minimum atomic E-state index is -0.308. The van der Waals surface area contributed by atoms with E-state index in [9.17, 15) is 9.18 Å². The number of aromatic nitrogens is 1. The summed E-state index contributed by atoms with van der Waals surface area (Å²) in [4.78, 5) is 14.0. The Morgan fingerprint density at radius 3 is 2.88 bits per heavy atom. The van der Waals surface area contributed by atoms with E-state index in [1.165, 1.54) is 12.1 Å². The molecule has 0 unspecified atom stereocenters. The van der Waals surface area contributed by atoms with Gasteiger partial charge in [0, 0.05) is 31.2 Å². The van der Waals surface area contributed by atoms with Gasteiger partial charge in [-0.2, -0.15) is 0 Å². The number of fused-ring (bicyclic) bond motifs is 1. The van der Waals surface area contributed by atoms with Crippen molar-refractivity contribution < 1.29 is 23.2 Å². The average Bonchev–Trinajstić information content (AvgIpc) is 3.02. The third kappa shape index (κ3) is 3.63. The normalized spacial score (nSPS) is 13.8. The molecule has 1 aromatic carbocycles. The first-order valence-corrected chi connectivity index (χ1v) is 7.77. The van der Waals surface area contributed by atoms with Gasteiger partial charge in [-0.1, -0.05) is 5.16 Å². The fraction of sp³-hybridized carbons (Fsp3) is 0.412. The van der Waals surface area contributed by atoms with Crippen molar-refractivity contribution in [3.63, 3.8) is 0 Å². The minimum absolute atomic E-state index is 0.0237. The van der Waals surface area contributed by atoms with E-state index >= 15 is 0 Å². The van der Waals surface area contributed by atoms with Gasteiger partial charge in [-0.3, -0.25) is 4.79 Å². The second-order valence-corrected chi connectivity index (χ2v) is 5.55. The fourth-order valence-corrected chi connectivity index (χ4v) is 2.65. The molecule has 0 spiro atoms. The highest BCUT2D eigenvalue weighted by atomic mass is 19.1. The Bertz CT molecular complexity index is 699. The number of carbonyl (C=O) groups excluding carboxylic acids is 1. The Morgan fingerprint density at radius 1 is 1.33 bits per heavy atom. The number of halogens is 1. The number of benzene rings is 1. The van der Waals surface area contributed by atoms with Gasteiger partial charge < -0.3 is 18.9 Å². The van der Waals surface area contributed by atoms with Crippen LogP contribution in [0.2, 0.25) is 0 Å². The van der Waals surface area contributed by atoms with Crippen LogP contribution in [-0.2, 0) is 27.2 Å². The molecular weight excluding hydrogens is 315 g/mol. The number of amides is 1. The molecule has 6 nitrogen and oxygen atoms in total. The standard InChI is InChI=1S/C17H19FN2O4/c1-22-8-9-23-11-16(21)20-7-6-15-14(10-20)17(24-19-15)12-2-4-13(18)5-3-12/h2-5H,6-11H2,1H3. The van der Waals surface area contributed by atoms with Crippen LogP contribution < -0.4 is 0 Å². The van der Waals surface area contributed by atoms with Crippen molar-refractivity contribution in [2.24, 2.45) is 0 Å². The van der Waals surface area contributed by atoms with Gasteiger partial charge in [0.15, 0.2) is 5.76 Å². The van der Waals surface area contributed by atoms with Crippen LogP contribution in [0.4, 0.5) is 4.39 Å². The van der Waals surface area contributed by atoms with E-state index in [2.05, 4.69) is 5.16 Å². The molecule has 0 fully saturated rings. The van der Waals surface area contributed by atoms with Gasteiger partial charge in [0.05, 0.1) is 25.5 Å². The zero-order valence-corrected chi connectivity index (χ0v) is 13.5. The predicted molar refractivity (Wildman–Crippen MR) is 83.7 cm³/mol. The van der Waals surface area contributed by atoms with Crippen molar-refractivity contribution in [1.29, 1.82) is 0 Å². The molecule has 0 saturated heterocycles. The van der Waals surface area contributed by atoms with Gasteiger partial charge >= 0.3 is 0 Å². The van der Waals surface area contributed by atoms with Crippen molar-refractivity contribution in [1.82, 2.24) is 10.1 Å². The van der Waals surface area contributed by atoms with Gasteiger partial charge in [-0.25, -0.2) is 4.39 Å². The van der Waals surface area contributed by atoms with Crippen LogP contribution >= 0.6 is 0 Å². The zero-order valence-electron chi connectivity index (χ0n) is 13.5. The van der Waals surface area contributed by atoms with E-state index < -0.39 is 0 Å². The predicted octanol–water partition coefficient (Wildman–Crippen LogP) is 2.03. The molecule has 2 aromatic rings. The van der Waals surface area contributed by atoms with Crippen LogP contribution in [0.25, 0.3) is 11.3 Å². The van der Waals surface area contributed by atoms with Crippen LogP contribution in [0.1, 0.15) is 11.3 Å². The summed E-state index contributed by atoms with van der Waals surface area (Å²) in [5.41, 5.74) is 2.47. The molecule has 0 N–H and O–H groups in total. The molecule has 1 aromatic heterocycles. The summed E-state index contributed by atoms with van der Waals surface area (Å²) in [6, 6.07) is 6.04. The number of carbonyl (C=O) groups is 1. The van der Waals surface area contributed by atoms with Crippen molar-refractivity contribution in [2.45, 2.75) is 13.0 Å². The number of nitrogens with zero attached hydrogens (tertiary/aromatic N) is 2. The van der Waals surface area contributed by atoms with Gasteiger partial charge in [0.25, 0.3) is 0 Å². The largest absolute Gasteiger partial charge is 0.382 e. The summed E-state index contributed by atoms with van der Waals surface area (Å²) >= 11 is 0. The average molecular weight is 334 g/mol. The quantitative estimate of drug-likeness (QED) is 0.756. The molecule has 7 heteroatoms. The van der Waals surface area contributed by atoms with Gasteiger partial charge in [0.1, 0.15) is 12.4 Å². The van der Waals surface area contributed by atoms with Crippen molar-refractivity contribution >= 4 is 5.91 Å². The summed E-state index contributed by atoms with van der Waals surface area (Å²) in [6.45, 7) is 1.86. The molecule has 0 saturated carbocycles. The van der Waals surface area contributed by atoms with E-state index in [0.29, 0.717) is 38.5 Å². The molecule has 0 aliphatic carbocycles. The lowest BCUT2D eigenvalue weighted by Gasteiger charge is -2.26. The molecular formula is C17H19FN2O4. The second-order valence-electron chi connectivity index (χ2n) is 5.55. The van der Waals surface area contributed by atoms with Crippen molar-refractivity contribution in [3.05, 3.63) is 41.3 Å². The Balaban J connectivity index is 1.69. The molecule has 0 bridgehead atoms. The van der Waals surface area contributed by atoms with E-state index in [1.54, 1.807) is 24.1 Å². The highest BCUT2D eigenvalue weighted by molar-refractivity contribution is 5.78. The number of ether oxygens (including phenoxy) is 2. The summed E-state index contributed by atoms with van der Waals surface area (Å²) in [5, 5.41) is 4.08. The van der Waals surface area contributed by atoms with E-state index in [0.717, 1.165) is 16.8 Å². The smallest absolute Gasteiger partial charge is 0.248 e. The highest BCUT2D eigenvalue weighted by Crippen LogP contribution is 2.30. The second kappa shape index (κ2) is 7.55. The molecule has 24 heavy (non-hydrogen) atoms. The molecule has 1 amide bonds. The number of methoxy groups -OCH3 is 1. The molecule has 1 aliphatic rings. The van der Waals surface area contributed by atoms with Crippen LogP contribution in [-0.4, -0.2) is 49.4 Å². The Kier molecular flexibility index (Phi) is 5.22. The zero-order chi connectivity index (χ0) is 16.9. The lowest BCUT2D eigenvalue weighted by molar-refractivity contribution is -0.137. The van der Waals surface area contributed by atoms with Gasteiger partial charge in [0.2, 0.25) is 5.91 Å². The SMILES string of the molecule is COCCOCC(=O)N1CCc2noc(-c3ccc(F)cc3)c2C1. The summed E-state index contributed by atoms with van der Waals surface area (Å²) in [7, 11) is 1.58. The Morgan fingerprint density at radius 2 is 2.12 bits per heavy atom. The third-order valence-corrected chi connectivity index (χ3v) is 3.95. The van der Waals surface area contributed by atoms with Crippen molar-refractivity contribution in [2.75, 3.05) is 33.5 Å². The lowest BCUT2D eigenvalue weighted by Crippen LogP contribution is -2.38. The number of hydrogen-bond acceptors (Lipinski definition) is 5. The maximum Gasteiger partial charge on any atom is 0.248 e. The fourth-order valence-electron chi connectivity index (χ4n) is 2.65. The summed E-state index contributed by atoms with van der Waals surface area (Å²) < 4.78 is 28.7. The minimum Gasteiger partial charge on any atom is -0.382 e. The highest BCUT2D eigenvalue weighted by Gasteiger charge is 2.27. The monoisotopic (exact) mass is 334 g/mol. The summed E-state index contributed by atoms with van der Waals surface area (Å²) in [5.74, 6) is 0.197. The molecule has 0 radical (unpaired) electrons. The number of hydrogen-bond donors (Lipinski definition) is 0. The van der Waals surface area contributed by atoms with E-state index in [4.69, 9.17) is 14.0 Å². The lowest BCUT2D eigenvalue weighted by atomic mass is 10.0. The Labute approximate surface area is 139 Å². The van der Waals surface area contributed by atoms with E-state index in [-0.39, 0.29) is 18.3 Å². The van der Waals surface area contributed by atoms with E-state index in [1.807, 2.05) is 0 Å². The van der Waals surface area contributed by atoms with Crippen molar-refractivity contribution in [3.8, 4) is 11.3 Å². The first-order valence-electron chi connectivity index (χ1n) is 7.77. The molecule has 0 atom stereocenters. The maximum absolute atomic E-state index is 13.1. The molecule has 2 heterocycles. The first-order chi connectivity index (χ1) is 11.7. The topological polar surface area (TPSA) is 64.8 Å². The van der Waals surface area contributed by atoms with Crippen LogP contribution in [0.3, 0.4) is 0 Å². The van der Waals surface area contributed by atoms with Crippen LogP contribution in [0.5, 0.6) is 0 Å². The first kappa shape index (κ1) is 16.6. The van der Waals surface area contributed by atoms with Crippen LogP contribution in [0.15, 0.2) is 28.8 Å². The van der Waals surface area contributed by atoms with Crippen LogP contribution in [0, 0.1) is 5.82 Å². The Hall–Kier alpha value is -2.25. The molecule has 1 aliphatic heterocycles. The maximum atomic E-state index is 13.1. The molecule has 3 rings (SSSR count). The third-order valence-electron chi connectivity index (χ3n) is 3.95. The number of rotatable bonds is 6. The van der Waals surface area contributed by atoms with Gasteiger partial charge in [-0.15, -0.1) is 0 Å².